The number of fused-ring (bicyclic) bond motifs is 2. The summed E-state index contributed by atoms with van der Waals surface area (Å²) in [6, 6.07) is 0. The van der Waals surface area contributed by atoms with Crippen LogP contribution >= 0.6 is 0 Å². The number of hydrogen-bond donors (Lipinski definition) is 0. The number of rotatable bonds is 4. The first-order valence-electron chi connectivity index (χ1n) is 19.8. The molecule has 280 valence electrons. The number of aryl methyl sites for hydroxylation is 7. The van der Waals surface area contributed by atoms with E-state index >= 15 is 0 Å². The molecule has 0 spiro atoms. The third-order valence-corrected chi connectivity index (χ3v) is 19.1. The quantitative estimate of drug-likeness (QED) is 0.160. The largest absolute Gasteiger partial charge is 0.343 e. The minimum Gasteiger partial charge on any atom is -0.343 e. The summed E-state index contributed by atoms with van der Waals surface area (Å²) in [6.45, 7) is 50.0. The van der Waals surface area contributed by atoms with Gasteiger partial charge in [-0.25, -0.2) is 0 Å². The minimum atomic E-state index is -2.21. The van der Waals surface area contributed by atoms with Crippen molar-refractivity contribution in [1.29, 1.82) is 0 Å². The van der Waals surface area contributed by atoms with Gasteiger partial charge in [-0.05, 0) is 242 Å². The number of benzene rings is 4. The van der Waals surface area contributed by atoms with Crippen LogP contribution in [0.25, 0.3) is 38.8 Å². The van der Waals surface area contributed by atoms with E-state index in [0.717, 1.165) is 0 Å². The lowest BCUT2D eigenvalue weighted by Gasteiger charge is -2.35. The van der Waals surface area contributed by atoms with Crippen molar-refractivity contribution in [2.75, 3.05) is 0 Å². The molecule has 6 rings (SSSR count). The highest BCUT2D eigenvalue weighted by molar-refractivity contribution is 7.01. The van der Waals surface area contributed by atoms with Gasteiger partial charge < -0.3 is 9.13 Å². The van der Waals surface area contributed by atoms with E-state index in [1.54, 1.807) is 10.4 Å². The molecule has 0 atom stereocenters. The molecule has 0 aliphatic rings. The lowest BCUT2D eigenvalue weighted by molar-refractivity contribution is 0.961. The average molecular weight is 723 g/mol. The van der Waals surface area contributed by atoms with Gasteiger partial charge in [-0.1, -0.05) is 13.1 Å². The van der Waals surface area contributed by atoms with Crippen molar-refractivity contribution >= 4 is 40.3 Å². The highest BCUT2D eigenvalue weighted by Gasteiger charge is 2.37. The molecule has 3 heteroatoms. The van der Waals surface area contributed by atoms with Crippen molar-refractivity contribution in [3.63, 3.8) is 0 Å². The summed E-state index contributed by atoms with van der Waals surface area (Å²) in [5.41, 5.74) is 34.1. The Morgan fingerprint density at radius 3 is 1.13 bits per heavy atom. The normalized spacial score (nSPS) is 12.3. The van der Waals surface area contributed by atoms with Crippen molar-refractivity contribution in [3.8, 4) is 16.9 Å². The van der Waals surface area contributed by atoms with Gasteiger partial charge in [-0.15, -0.1) is 0 Å². The third kappa shape index (κ3) is 4.94. The van der Waals surface area contributed by atoms with Crippen LogP contribution < -0.4 is 10.4 Å². The van der Waals surface area contributed by atoms with Gasteiger partial charge in [0, 0.05) is 29.1 Å². The molecule has 0 radical (unpaired) electrons. The molecular weight excluding hydrogens is 657 g/mol. The van der Waals surface area contributed by atoms with Crippen LogP contribution in [-0.4, -0.2) is 17.2 Å². The average Bonchev–Trinajstić information content (AvgIpc) is 3.51. The lowest BCUT2D eigenvalue weighted by atomic mass is 9.89. The first-order valence-corrected chi connectivity index (χ1v) is 22.8. The van der Waals surface area contributed by atoms with Gasteiger partial charge in [-0.2, -0.15) is 0 Å². The highest BCUT2D eigenvalue weighted by atomic mass is 28.3. The number of nitrogens with zero attached hydrogens (tertiary/aromatic N) is 2. The van der Waals surface area contributed by atoms with Gasteiger partial charge in [0.1, 0.15) is 8.07 Å². The minimum absolute atomic E-state index is 1.36. The Kier molecular flexibility index (Phi) is 9.26. The molecule has 0 amide bonds. The van der Waals surface area contributed by atoms with E-state index in [1.807, 2.05) is 0 Å². The summed E-state index contributed by atoms with van der Waals surface area (Å²) < 4.78 is 5.14. The zero-order valence-corrected chi connectivity index (χ0v) is 38.4. The monoisotopic (exact) mass is 722 g/mol. The van der Waals surface area contributed by atoms with Crippen LogP contribution in [0.1, 0.15) is 106 Å². The van der Waals surface area contributed by atoms with Crippen molar-refractivity contribution in [2.24, 2.45) is 7.05 Å². The van der Waals surface area contributed by atoms with Crippen molar-refractivity contribution < 1.29 is 0 Å². The lowest BCUT2D eigenvalue weighted by Crippen LogP contribution is -2.58. The first-order chi connectivity index (χ1) is 24.5. The second-order valence-corrected chi connectivity index (χ2v) is 21.9. The fourth-order valence-corrected chi connectivity index (χ4v) is 15.9. The maximum atomic E-state index is 2.63. The van der Waals surface area contributed by atoms with E-state index < -0.39 is 8.07 Å². The summed E-state index contributed by atoms with van der Waals surface area (Å²) in [5.74, 6) is 0. The summed E-state index contributed by atoms with van der Waals surface area (Å²) in [6.07, 6.45) is 0. The molecule has 2 nitrogen and oxygen atoms in total. The van der Waals surface area contributed by atoms with E-state index in [1.165, 1.54) is 145 Å². The molecular formula is C50H66N2Si. The van der Waals surface area contributed by atoms with Crippen LogP contribution in [0.15, 0.2) is 0 Å². The first kappa shape index (κ1) is 38.9. The Balaban J connectivity index is 1.63. The van der Waals surface area contributed by atoms with Crippen LogP contribution in [0.4, 0.5) is 0 Å². The summed E-state index contributed by atoms with van der Waals surface area (Å²) in [4.78, 5) is 0. The van der Waals surface area contributed by atoms with Gasteiger partial charge in [0.25, 0.3) is 0 Å². The van der Waals surface area contributed by atoms with Crippen LogP contribution in [0.2, 0.25) is 13.1 Å². The fraction of sp³-hybridized carbons (Fsp3) is 0.440. The molecule has 0 aliphatic carbocycles. The van der Waals surface area contributed by atoms with Gasteiger partial charge >= 0.3 is 0 Å². The standard InChI is InChI=1S/C50H66N2Si/c1-23-25(3)31(9)46-44(28(23)6)40(18)47(51(46)20)42-29(7)35(13)49(36(14)30(42)8)53(21,22)50-37(15)33(11)45(34(12)38(50)16)52-41(19)39(17)43-27(5)24(2)26(4)32(10)48(43)52/h1-22H3. The Labute approximate surface area is 322 Å². The Bertz CT molecular complexity index is 2500. The molecule has 0 saturated heterocycles. The smallest absolute Gasteiger partial charge is 0.113 e. The van der Waals surface area contributed by atoms with Gasteiger partial charge in [0.15, 0.2) is 0 Å². The van der Waals surface area contributed by atoms with Gasteiger partial charge in [0.05, 0.1) is 22.4 Å². The highest BCUT2D eigenvalue weighted by Crippen LogP contribution is 2.43. The van der Waals surface area contributed by atoms with Gasteiger partial charge in [-0.3, -0.25) is 0 Å². The zero-order valence-electron chi connectivity index (χ0n) is 37.4. The molecule has 0 bridgehead atoms. The third-order valence-electron chi connectivity index (χ3n) is 15.1. The van der Waals surface area contributed by atoms with E-state index in [4.69, 9.17) is 0 Å². The van der Waals surface area contributed by atoms with Crippen molar-refractivity contribution in [1.82, 2.24) is 9.13 Å². The Morgan fingerprint density at radius 2 is 0.698 bits per heavy atom. The van der Waals surface area contributed by atoms with Crippen LogP contribution in [0.3, 0.4) is 0 Å². The maximum absolute atomic E-state index is 2.63. The number of aromatic nitrogens is 2. The van der Waals surface area contributed by atoms with E-state index in [2.05, 4.69) is 161 Å². The molecule has 0 fully saturated rings. The van der Waals surface area contributed by atoms with Crippen LogP contribution in [-0.2, 0) is 7.05 Å². The molecule has 0 aliphatic heterocycles. The molecule has 2 aromatic heterocycles. The Hall–Kier alpha value is -3.82. The number of hydrogen-bond acceptors (Lipinski definition) is 0. The molecule has 6 aromatic rings. The summed E-state index contributed by atoms with van der Waals surface area (Å²) >= 11 is 0. The molecule has 4 aromatic carbocycles. The van der Waals surface area contributed by atoms with Gasteiger partial charge in [0.2, 0.25) is 0 Å². The predicted molar refractivity (Wildman–Crippen MR) is 238 cm³/mol. The second-order valence-electron chi connectivity index (χ2n) is 17.6. The second kappa shape index (κ2) is 12.6. The molecule has 53 heavy (non-hydrogen) atoms. The molecule has 0 saturated carbocycles. The SMILES string of the molecule is Cc1c(C)c([Si](C)(C)c2c(C)c(C)c(-n3c(C)c(C)c4c(C)c(C)c(C)c(C)c43)c(C)c2C)c(C)c(C)c1-c1c(C)c2c(C)c(C)c(C)c(C)c2n1C. The fourth-order valence-electron chi connectivity index (χ4n) is 11.1. The topological polar surface area (TPSA) is 9.86 Å². The molecule has 0 unspecified atom stereocenters. The van der Waals surface area contributed by atoms with E-state index in [-0.39, 0.29) is 0 Å². The van der Waals surface area contributed by atoms with Crippen LogP contribution in [0, 0.1) is 132 Å². The van der Waals surface area contributed by atoms with Crippen LogP contribution in [0.5, 0.6) is 0 Å². The predicted octanol–water partition coefficient (Wildman–Crippen LogP) is 12.5. The summed E-state index contributed by atoms with van der Waals surface area (Å²) in [7, 11) is 0.0827. The van der Waals surface area contributed by atoms with Crippen molar-refractivity contribution in [2.45, 2.75) is 145 Å². The maximum Gasteiger partial charge on any atom is 0.113 e. The molecule has 0 N–H and O–H groups in total. The zero-order chi connectivity index (χ0) is 39.8. The van der Waals surface area contributed by atoms with Crippen molar-refractivity contribution in [3.05, 3.63) is 106 Å². The van der Waals surface area contributed by atoms with E-state index in [0.29, 0.717) is 0 Å². The van der Waals surface area contributed by atoms with E-state index in [9.17, 15) is 0 Å². The Morgan fingerprint density at radius 1 is 0.340 bits per heavy atom. The summed E-state index contributed by atoms with van der Waals surface area (Å²) in [5, 5.41) is 6.09. The molecule has 2 heterocycles.